The average Bonchev–Trinajstić information content (AvgIpc) is 3.35. The summed E-state index contributed by atoms with van der Waals surface area (Å²) in [6.07, 6.45) is 5.14. The smallest absolute Gasteiger partial charge is 0.251 e. The van der Waals surface area contributed by atoms with Crippen molar-refractivity contribution in [2.45, 2.75) is 26.4 Å². The van der Waals surface area contributed by atoms with Crippen LogP contribution in [-0.4, -0.2) is 32.8 Å². The SMILES string of the molecule is COc1cc(C(=O)NCc2ccc(N)cc2)ccc1Nc1ncc(Cl)c(-c2cnn(C(C)C)c2)n1. The number of methoxy groups -OCH3 is 1. The summed E-state index contributed by atoms with van der Waals surface area (Å²) in [6.45, 7) is 4.47. The number of aromatic nitrogens is 4. The van der Waals surface area contributed by atoms with Crippen molar-refractivity contribution in [3.8, 4) is 17.0 Å². The van der Waals surface area contributed by atoms with Crippen LogP contribution in [0.5, 0.6) is 5.75 Å². The summed E-state index contributed by atoms with van der Waals surface area (Å²) in [6, 6.07) is 12.7. The number of ether oxygens (including phenoxy) is 1. The number of benzene rings is 2. The first-order chi connectivity index (χ1) is 16.8. The van der Waals surface area contributed by atoms with Gasteiger partial charge in [0.15, 0.2) is 0 Å². The Hall–Kier alpha value is -4.11. The molecule has 0 aliphatic carbocycles. The van der Waals surface area contributed by atoms with Gasteiger partial charge >= 0.3 is 0 Å². The first-order valence-electron chi connectivity index (χ1n) is 11.0. The normalized spacial score (nSPS) is 10.9. The number of hydrogen-bond donors (Lipinski definition) is 3. The lowest BCUT2D eigenvalue weighted by molar-refractivity contribution is 0.0950. The summed E-state index contributed by atoms with van der Waals surface area (Å²) in [7, 11) is 1.53. The highest BCUT2D eigenvalue weighted by Gasteiger charge is 2.14. The molecule has 0 saturated carbocycles. The summed E-state index contributed by atoms with van der Waals surface area (Å²) >= 11 is 6.35. The molecule has 35 heavy (non-hydrogen) atoms. The van der Waals surface area contributed by atoms with Gasteiger partial charge in [0.2, 0.25) is 5.95 Å². The molecule has 2 aromatic heterocycles. The number of halogens is 1. The van der Waals surface area contributed by atoms with E-state index in [1.54, 1.807) is 36.5 Å². The van der Waals surface area contributed by atoms with Crippen molar-refractivity contribution in [2.24, 2.45) is 0 Å². The van der Waals surface area contributed by atoms with E-state index in [0.717, 1.165) is 11.1 Å². The number of nitrogens with zero attached hydrogens (tertiary/aromatic N) is 4. The Balaban J connectivity index is 1.50. The van der Waals surface area contributed by atoms with Crippen LogP contribution in [-0.2, 0) is 6.54 Å². The fourth-order valence-electron chi connectivity index (χ4n) is 3.35. The zero-order chi connectivity index (χ0) is 24.9. The van der Waals surface area contributed by atoms with Crippen molar-refractivity contribution in [1.29, 1.82) is 0 Å². The van der Waals surface area contributed by atoms with E-state index in [-0.39, 0.29) is 11.9 Å². The third-order valence-corrected chi connectivity index (χ3v) is 5.57. The second-order valence-electron chi connectivity index (χ2n) is 8.16. The molecule has 0 atom stereocenters. The van der Waals surface area contributed by atoms with Crippen LogP contribution in [0.4, 0.5) is 17.3 Å². The maximum Gasteiger partial charge on any atom is 0.251 e. The second-order valence-corrected chi connectivity index (χ2v) is 8.56. The zero-order valence-corrected chi connectivity index (χ0v) is 20.4. The van der Waals surface area contributed by atoms with Gasteiger partial charge in [-0.15, -0.1) is 0 Å². The van der Waals surface area contributed by atoms with Gasteiger partial charge in [0, 0.05) is 35.6 Å². The minimum Gasteiger partial charge on any atom is -0.495 e. The Labute approximate surface area is 208 Å². The minimum absolute atomic E-state index is 0.216. The largest absolute Gasteiger partial charge is 0.495 e. The van der Waals surface area contributed by atoms with E-state index in [1.165, 1.54) is 13.3 Å². The zero-order valence-electron chi connectivity index (χ0n) is 19.6. The number of nitrogen functional groups attached to an aromatic ring is 1. The Morgan fingerprint density at radius 3 is 2.63 bits per heavy atom. The van der Waals surface area contributed by atoms with Crippen molar-refractivity contribution in [1.82, 2.24) is 25.1 Å². The molecular formula is C25H26ClN7O2. The molecule has 2 aromatic carbocycles. The van der Waals surface area contributed by atoms with Gasteiger partial charge in [-0.1, -0.05) is 23.7 Å². The first kappa shape index (κ1) is 24.0. The Bertz CT molecular complexity index is 1340. The molecule has 0 saturated heterocycles. The van der Waals surface area contributed by atoms with Gasteiger partial charge in [0.1, 0.15) is 5.75 Å². The molecule has 0 radical (unpaired) electrons. The highest BCUT2D eigenvalue weighted by molar-refractivity contribution is 6.32. The van der Waals surface area contributed by atoms with E-state index in [0.29, 0.717) is 45.9 Å². The van der Waals surface area contributed by atoms with Crippen molar-refractivity contribution in [3.05, 3.63) is 77.2 Å². The van der Waals surface area contributed by atoms with E-state index in [1.807, 2.05) is 36.9 Å². The Morgan fingerprint density at radius 1 is 1.17 bits per heavy atom. The lowest BCUT2D eigenvalue weighted by Crippen LogP contribution is -2.22. The topological polar surface area (TPSA) is 120 Å². The van der Waals surface area contributed by atoms with Crippen LogP contribution in [0.2, 0.25) is 5.02 Å². The Morgan fingerprint density at radius 2 is 1.94 bits per heavy atom. The number of carbonyl (C=O) groups is 1. The predicted molar refractivity (Wildman–Crippen MR) is 137 cm³/mol. The van der Waals surface area contributed by atoms with Crippen LogP contribution in [0, 0.1) is 0 Å². The maximum atomic E-state index is 12.7. The van der Waals surface area contributed by atoms with Crippen molar-refractivity contribution < 1.29 is 9.53 Å². The van der Waals surface area contributed by atoms with Gasteiger partial charge in [-0.2, -0.15) is 5.10 Å². The van der Waals surface area contributed by atoms with Crippen LogP contribution in [0.1, 0.15) is 35.8 Å². The number of carbonyl (C=O) groups excluding carboxylic acids is 1. The molecule has 9 nitrogen and oxygen atoms in total. The minimum atomic E-state index is -0.223. The summed E-state index contributed by atoms with van der Waals surface area (Å²) in [5.41, 5.74) is 9.75. The van der Waals surface area contributed by atoms with Gasteiger partial charge < -0.3 is 21.1 Å². The molecule has 1 amide bonds. The number of nitrogens with one attached hydrogen (secondary N) is 2. The van der Waals surface area contributed by atoms with Crippen molar-refractivity contribution in [3.63, 3.8) is 0 Å². The highest BCUT2D eigenvalue weighted by atomic mass is 35.5. The van der Waals surface area contributed by atoms with Crippen molar-refractivity contribution in [2.75, 3.05) is 18.2 Å². The standard InChI is InChI=1S/C25H26ClN7O2/c1-15(2)33-14-18(12-30-33)23-20(26)13-29-25(32-23)31-21-9-6-17(10-22(21)35-3)24(34)28-11-16-4-7-19(27)8-5-16/h4-10,12-15H,11,27H2,1-3H3,(H,28,34)(H,29,31,32). The fourth-order valence-corrected chi connectivity index (χ4v) is 3.55. The Kier molecular flexibility index (Phi) is 7.17. The molecule has 0 fully saturated rings. The lowest BCUT2D eigenvalue weighted by atomic mass is 10.1. The fraction of sp³-hybridized carbons (Fsp3) is 0.200. The highest BCUT2D eigenvalue weighted by Crippen LogP contribution is 2.30. The molecule has 0 unspecified atom stereocenters. The first-order valence-corrected chi connectivity index (χ1v) is 11.4. The molecule has 0 spiro atoms. The third-order valence-electron chi connectivity index (χ3n) is 5.29. The van der Waals surface area contributed by atoms with Gasteiger partial charge in [-0.05, 0) is 49.7 Å². The van der Waals surface area contributed by atoms with E-state index >= 15 is 0 Å². The number of rotatable bonds is 8. The van der Waals surface area contributed by atoms with Crippen LogP contribution >= 0.6 is 11.6 Å². The van der Waals surface area contributed by atoms with E-state index in [2.05, 4.69) is 25.7 Å². The van der Waals surface area contributed by atoms with E-state index < -0.39 is 0 Å². The summed E-state index contributed by atoms with van der Waals surface area (Å²) in [4.78, 5) is 21.5. The number of anilines is 3. The van der Waals surface area contributed by atoms with Gasteiger partial charge in [0.05, 0.1) is 35.9 Å². The quantitative estimate of drug-likeness (QED) is 0.301. The molecule has 0 bridgehead atoms. The van der Waals surface area contributed by atoms with Gasteiger partial charge in [0.25, 0.3) is 5.91 Å². The van der Waals surface area contributed by atoms with Crippen LogP contribution in [0.15, 0.2) is 61.1 Å². The molecule has 4 N–H and O–H groups in total. The second kappa shape index (κ2) is 10.4. The summed E-state index contributed by atoms with van der Waals surface area (Å²) < 4.78 is 7.34. The van der Waals surface area contributed by atoms with Crippen LogP contribution < -0.4 is 21.1 Å². The van der Waals surface area contributed by atoms with Crippen molar-refractivity contribution >= 4 is 34.8 Å². The molecule has 4 aromatic rings. The molecule has 2 heterocycles. The molecule has 4 rings (SSSR count). The number of amides is 1. The predicted octanol–water partition coefficient (Wildman–Crippen LogP) is 4.84. The summed E-state index contributed by atoms with van der Waals surface area (Å²) in [5, 5.41) is 10.8. The lowest BCUT2D eigenvalue weighted by Gasteiger charge is -2.13. The van der Waals surface area contributed by atoms with E-state index in [4.69, 9.17) is 22.1 Å². The van der Waals surface area contributed by atoms with Crippen LogP contribution in [0.25, 0.3) is 11.3 Å². The van der Waals surface area contributed by atoms with Gasteiger partial charge in [-0.3, -0.25) is 9.48 Å². The number of nitrogens with two attached hydrogens (primary N) is 1. The van der Waals surface area contributed by atoms with Gasteiger partial charge in [-0.25, -0.2) is 9.97 Å². The third kappa shape index (κ3) is 5.70. The average molecular weight is 492 g/mol. The van der Waals surface area contributed by atoms with Crippen LogP contribution in [0.3, 0.4) is 0 Å². The molecule has 0 aliphatic rings. The molecule has 0 aliphatic heterocycles. The van der Waals surface area contributed by atoms with E-state index in [9.17, 15) is 4.79 Å². The summed E-state index contributed by atoms with van der Waals surface area (Å²) in [5.74, 6) is 0.581. The molecular weight excluding hydrogens is 466 g/mol. The monoisotopic (exact) mass is 491 g/mol. The molecule has 10 heteroatoms. The molecule has 180 valence electrons. The maximum absolute atomic E-state index is 12.7. The number of hydrogen-bond acceptors (Lipinski definition) is 7.